The normalized spacial score (nSPS) is 17.9. The standard InChI is InChI=1S/C13H17ClFN3O.ClH/c1-18(10-4-5-16-7-10)8-13(19)17-9-2-3-12(15)11(14)6-9;/h2-3,6,10,16H,4-5,7-8H2,1H3,(H,17,19);1H. The Bertz CT molecular complexity index is 467. The predicted molar refractivity (Wildman–Crippen MR) is 81.2 cm³/mol. The van der Waals surface area contributed by atoms with Gasteiger partial charge in [0.05, 0.1) is 11.6 Å². The van der Waals surface area contributed by atoms with Gasteiger partial charge in [-0.25, -0.2) is 4.39 Å². The van der Waals surface area contributed by atoms with E-state index in [0.29, 0.717) is 18.3 Å². The summed E-state index contributed by atoms with van der Waals surface area (Å²) in [5.41, 5.74) is 0.509. The minimum absolute atomic E-state index is 0. The molecule has 1 aromatic rings. The molecule has 0 aliphatic carbocycles. The number of hydrogen-bond donors (Lipinski definition) is 2. The van der Waals surface area contributed by atoms with Crippen molar-refractivity contribution in [1.29, 1.82) is 0 Å². The second kappa shape index (κ2) is 7.78. The number of benzene rings is 1. The van der Waals surface area contributed by atoms with Crippen molar-refractivity contribution >= 4 is 35.6 Å². The first kappa shape index (κ1) is 17.2. The zero-order valence-electron chi connectivity index (χ0n) is 11.2. The van der Waals surface area contributed by atoms with Crippen LogP contribution in [0.5, 0.6) is 0 Å². The van der Waals surface area contributed by atoms with E-state index in [1.165, 1.54) is 18.2 Å². The van der Waals surface area contributed by atoms with E-state index >= 15 is 0 Å². The van der Waals surface area contributed by atoms with Gasteiger partial charge in [0.2, 0.25) is 5.91 Å². The van der Waals surface area contributed by atoms with E-state index in [1.807, 2.05) is 11.9 Å². The summed E-state index contributed by atoms with van der Waals surface area (Å²) in [6.07, 6.45) is 1.05. The molecule has 1 heterocycles. The first-order valence-electron chi connectivity index (χ1n) is 6.22. The Hall–Kier alpha value is -0.880. The highest BCUT2D eigenvalue weighted by Crippen LogP contribution is 2.19. The van der Waals surface area contributed by atoms with E-state index in [1.54, 1.807) is 0 Å². The molecular formula is C13H18Cl2FN3O. The van der Waals surface area contributed by atoms with Crippen LogP contribution in [0.2, 0.25) is 5.02 Å². The van der Waals surface area contributed by atoms with Gasteiger partial charge in [-0.15, -0.1) is 12.4 Å². The van der Waals surface area contributed by atoms with Gasteiger partial charge < -0.3 is 10.6 Å². The smallest absolute Gasteiger partial charge is 0.238 e. The van der Waals surface area contributed by atoms with Gasteiger partial charge in [-0.1, -0.05) is 11.6 Å². The molecule has 1 saturated heterocycles. The monoisotopic (exact) mass is 321 g/mol. The van der Waals surface area contributed by atoms with Crippen LogP contribution < -0.4 is 10.6 Å². The average Bonchev–Trinajstić information content (AvgIpc) is 2.87. The minimum Gasteiger partial charge on any atom is -0.325 e. The number of carbonyl (C=O) groups is 1. The molecule has 0 aromatic heterocycles. The lowest BCUT2D eigenvalue weighted by atomic mass is 10.2. The molecule has 2 rings (SSSR count). The van der Waals surface area contributed by atoms with Gasteiger partial charge in [0.25, 0.3) is 0 Å². The van der Waals surface area contributed by atoms with Gasteiger partial charge in [-0.05, 0) is 38.2 Å². The third-order valence-electron chi connectivity index (χ3n) is 3.25. The molecule has 1 aliphatic rings. The molecule has 0 saturated carbocycles. The van der Waals surface area contributed by atoms with Crippen molar-refractivity contribution in [3.8, 4) is 0 Å². The van der Waals surface area contributed by atoms with E-state index in [9.17, 15) is 9.18 Å². The SMILES string of the molecule is CN(CC(=O)Nc1ccc(F)c(Cl)c1)C1CCNC1.Cl. The molecule has 1 aromatic carbocycles. The van der Waals surface area contributed by atoms with Gasteiger partial charge in [0.15, 0.2) is 0 Å². The number of anilines is 1. The summed E-state index contributed by atoms with van der Waals surface area (Å²) in [6.45, 7) is 2.21. The topological polar surface area (TPSA) is 44.4 Å². The van der Waals surface area contributed by atoms with Crippen molar-refractivity contribution in [1.82, 2.24) is 10.2 Å². The van der Waals surface area contributed by atoms with Crippen LogP contribution >= 0.6 is 24.0 Å². The van der Waals surface area contributed by atoms with E-state index in [0.717, 1.165) is 19.5 Å². The van der Waals surface area contributed by atoms with Crippen LogP contribution in [0.4, 0.5) is 10.1 Å². The molecule has 1 unspecified atom stereocenters. The lowest BCUT2D eigenvalue weighted by molar-refractivity contribution is -0.117. The maximum Gasteiger partial charge on any atom is 0.238 e. The Labute approximate surface area is 129 Å². The van der Waals surface area contributed by atoms with Crippen LogP contribution in [-0.2, 0) is 4.79 Å². The van der Waals surface area contributed by atoms with E-state index in [-0.39, 0.29) is 23.3 Å². The molecular weight excluding hydrogens is 304 g/mol. The summed E-state index contributed by atoms with van der Waals surface area (Å²) >= 11 is 5.66. The fraction of sp³-hybridized carbons (Fsp3) is 0.462. The van der Waals surface area contributed by atoms with Crippen LogP contribution in [0.3, 0.4) is 0 Å². The van der Waals surface area contributed by atoms with E-state index in [4.69, 9.17) is 11.6 Å². The van der Waals surface area contributed by atoms with E-state index in [2.05, 4.69) is 10.6 Å². The Morgan fingerprint density at radius 1 is 1.60 bits per heavy atom. The molecule has 0 radical (unpaired) electrons. The van der Waals surface area contributed by atoms with Crippen LogP contribution in [-0.4, -0.2) is 43.5 Å². The number of nitrogens with zero attached hydrogens (tertiary/aromatic N) is 1. The second-order valence-corrected chi connectivity index (χ2v) is 5.15. The number of likely N-dealkylation sites (N-methyl/N-ethyl adjacent to an activating group) is 1. The number of halogens is 3. The van der Waals surface area contributed by atoms with Crippen LogP contribution in [0.1, 0.15) is 6.42 Å². The Morgan fingerprint density at radius 2 is 2.35 bits per heavy atom. The second-order valence-electron chi connectivity index (χ2n) is 4.74. The van der Waals surface area contributed by atoms with Gasteiger partial charge in [-0.2, -0.15) is 0 Å². The number of carbonyl (C=O) groups excluding carboxylic acids is 1. The molecule has 1 atom stereocenters. The maximum atomic E-state index is 13.0. The summed E-state index contributed by atoms with van der Waals surface area (Å²) in [5.74, 6) is -0.620. The Kier molecular flexibility index (Phi) is 6.68. The fourth-order valence-corrected chi connectivity index (χ4v) is 2.33. The molecule has 20 heavy (non-hydrogen) atoms. The highest BCUT2D eigenvalue weighted by molar-refractivity contribution is 6.31. The largest absolute Gasteiger partial charge is 0.325 e. The lowest BCUT2D eigenvalue weighted by Gasteiger charge is -2.22. The van der Waals surface area contributed by atoms with E-state index < -0.39 is 5.82 Å². The Morgan fingerprint density at radius 3 is 2.95 bits per heavy atom. The maximum absolute atomic E-state index is 13.0. The summed E-state index contributed by atoms with van der Waals surface area (Å²) in [4.78, 5) is 13.9. The molecule has 4 nitrogen and oxygen atoms in total. The van der Waals surface area contributed by atoms with Crippen LogP contribution in [0.25, 0.3) is 0 Å². The van der Waals surface area contributed by atoms with Crippen molar-refractivity contribution in [2.75, 3.05) is 32.0 Å². The minimum atomic E-state index is -0.492. The molecule has 0 bridgehead atoms. The third kappa shape index (κ3) is 4.59. The molecule has 0 spiro atoms. The molecule has 1 amide bonds. The predicted octanol–water partition coefficient (Wildman–Crippen LogP) is 2.13. The summed E-state index contributed by atoms with van der Waals surface area (Å²) in [5, 5.41) is 5.98. The van der Waals surface area contributed by atoms with Gasteiger partial charge in [0.1, 0.15) is 5.82 Å². The molecule has 7 heteroatoms. The first-order chi connectivity index (χ1) is 9.06. The molecule has 1 fully saturated rings. The summed E-state index contributed by atoms with van der Waals surface area (Å²) in [6, 6.07) is 4.53. The van der Waals surface area contributed by atoms with Crippen molar-refractivity contribution < 1.29 is 9.18 Å². The molecule has 2 N–H and O–H groups in total. The summed E-state index contributed by atoms with van der Waals surface area (Å²) < 4.78 is 13.0. The van der Waals surface area contributed by atoms with Crippen LogP contribution in [0, 0.1) is 5.82 Å². The quantitative estimate of drug-likeness (QED) is 0.893. The third-order valence-corrected chi connectivity index (χ3v) is 3.54. The zero-order valence-corrected chi connectivity index (χ0v) is 12.7. The molecule has 112 valence electrons. The van der Waals surface area contributed by atoms with Crippen molar-refractivity contribution in [3.05, 3.63) is 29.0 Å². The number of nitrogens with one attached hydrogen (secondary N) is 2. The van der Waals surface area contributed by atoms with Gasteiger partial charge in [0, 0.05) is 18.3 Å². The first-order valence-corrected chi connectivity index (χ1v) is 6.60. The lowest BCUT2D eigenvalue weighted by Crippen LogP contribution is -2.39. The van der Waals surface area contributed by atoms with Crippen LogP contribution in [0.15, 0.2) is 18.2 Å². The number of rotatable bonds is 4. The number of amides is 1. The Balaban J connectivity index is 0.00000200. The fourth-order valence-electron chi connectivity index (χ4n) is 2.15. The molecule has 1 aliphatic heterocycles. The van der Waals surface area contributed by atoms with Crippen molar-refractivity contribution in [2.24, 2.45) is 0 Å². The van der Waals surface area contributed by atoms with Crippen molar-refractivity contribution in [2.45, 2.75) is 12.5 Å². The van der Waals surface area contributed by atoms with Gasteiger partial charge in [-0.3, -0.25) is 9.69 Å². The number of hydrogen-bond acceptors (Lipinski definition) is 3. The van der Waals surface area contributed by atoms with Crippen molar-refractivity contribution in [3.63, 3.8) is 0 Å². The average molecular weight is 322 g/mol. The van der Waals surface area contributed by atoms with Gasteiger partial charge >= 0.3 is 0 Å². The highest BCUT2D eigenvalue weighted by Gasteiger charge is 2.20. The zero-order chi connectivity index (χ0) is 13.8. The highest BCUT2D eigenvalue weighted by atomic mass is 35.5. The summed E-state index contributed by atoms with van der Waals surface area (Å²) in [7, 11) is 1.93.